The zero-order valence-electron chi connectivity index (χ0n) is 30.7. The van der Waals surface area contributed by atoms with Crippen molar-refractivity contribution in [1.29, 1.82) is 0 Å². The van der Waals surface area contributed by atoms with E-state index in [-0.39, 0.29) is 5.75 Å². The van der Waals surface area contributed by atoms with Gasteiger partial charge in [-0.25, -0.2) is 0 Å². The SMILES string of the molecule is Cc1ccc(C2OC(COCc3ccccc3)C(OCc3ccccc3)C(OCc3ccccc3)C2OCc2ccccc2)cc1Cc1ccc(O)cc1. The van der Waals surface area contributed by atoms with Crippen LogP contribution in [-0.4, -0.2) is 36.1 Å². The van der Waals surface area contributed by atoms with E-state index in [1.165, 1.54) is 11.1 Å². The van der Waals surface area contributed by atoms with Gasteiger partial charge in [0.1, 0.15) is 36.3 Å². The normalized spacial score (nSPS) is 19.8. The van der Waals surface area contributed by atoms with Crippen molar-refractivity contribution in [2.45, 2.75) is 70.3 Å². The second-order valence-electron chi connectivity index (χ2n) is 13.9. The highest BCUT2D eigenvalue weighted by atomic mass is 16.6. The van der Waals surface area contributed by atoms with Crippen LogP contribution in [0.2, 0.25) is 0 Å². The number of phenolic OH excluding ortho intramolecular Hbond substituents is 1. The van der Waals surface area contributed by atoms with Gasteiger partial charge in [-0.3, -0.25) is 0 Å². The van der Waals surface area contributed by atoms with Crippen LogP contribution in [0, 0.1) is 6.92 Å². The van der Waals surface area contributed by atoms with Crippen molar-refractivity contribution in [2.24, 2.45) is 0 Å². The van der Waals surface area contributed by atoms with Gasteiger partial charge in [-0.2, -0.15) is 0 Å². The fourth-order valence-electron chi connectivity index (χ4n) is 6.95. The predicted molar refractivity (Wildman–Crippen MR) is 211 cm³/mol. The highest BCUT2D eigenvalue weighted by molar-refractivity contribution is 5.38. The summed E-state index contributed by atoms with van der Waals surface area (Å²) in [5.41, 5.74) is 8.72. The maximum atomic E-state index is 9.91. The molecule has 0 bridgehead atoms. The van der Waals surface area contributed by atoms with E-state index in [1.807, 2.05) is 84.9 Å². The molecule has 1 fully saturated rings. The maximum Gasteiger partial charge on any atom is 0.117 e. The van der Waals surface area contributed by atoms with Crippen LogP contribution in [0.25, 0.3) is 0 Å². The maximum absolute atomic E-state index is 9.91. The Kier molecular flexibility index (Phi) is 13.0. The molecule has 54 heavy (non-hydrogen) atoms. The molecule has 0 saturated carbocycles. The van der Waals surface area contributed by atoms with Crippen LogP contribution in [0.15, 0.2) is 164 Å². The molecule has 1 aliphatic rings. The van der Waals surface area contributed by atoms with Crippen LogP contribution in [0.5, 0.6) is 5.75 Å². The highest BCUT2D eigenvalue weighted by Crippen LogP contribution is 2.39. The molecule has 5 atom stereocenters. The van der Waals surface area contributed by atoms with E-state index in [2.05, 4.69) is 73.7 Å². The number of aryl methyl sites for hydroxylation is 1. The van der Waals surface area contributed by atoms with Crippen molar-refractivity contribution in [3.8, 4) is 5.75 Å². The smallest absolute Gasteiger partial charge is 0.117 e. The molecular weight excluding hydrogens is 673 g/mol. The average Bonchev–Trinajstić information content (AvgIpc) is 3.22. The first-order valence-corrected chi connectivity index (χ1v) is 18.7. The van der Waals surface area contributed by atoms with E-state index in [1.54, 1.807) is 12.1 Å². The standard InChI is InChI=1S/C48H48O6/c1-35-22-25-41(29-42(35)28-36-23-26-43(49)27-24-36)45-47(52-32-39-18-10-4-11-19-39)48(53-33-40-20-12-5-13-21-40)46(51-31-38-16-8-3-9-17-38)44(54-45)34-50-30-37-14-6-2-7-15-37/h2-27,29,44-49H,28,30-34H2,1H3. The molecule has 6 aromatic rings. The topological polar surface area (TPSA) is 66.4 Å². The van der Waals surface area contributed by atoms with Gasteiger partial charge in [0, 0.05) is 0 Å². The first-order valence-electron chi connectivity index (χ1n) is 18.7. The Labute approximate surface area is 318 Å². The second kappa shape index (κ2) is 18.8. The summed E-state index contributed by atoms with van der Waals surface area (Å²) in [6.07, 6.45) is -1.79. The van der Waals surface area contributed by atoms with E-state index in [9.17, 15) is 5.11 Å². The van der Waals surface area contributed by atoms with Gasteiger partial charge in [0.15, 0.2) is 0 Å². The van der Waals surface area contributed by atoms with Crippen molar-refractivity contribution in [3.63, 3.8) is 0 Å². The third-order valence-corrected chi connectivity index (χ3v) is 9.92. The number of aromatic hydroxyl groups is 1. The molecule has 0 aliphatic carbocycles. The third kappa shape index (κ3) is 10.1. The summed E-state index contributed by atoms with van der Waals surface area (Å²) in [6, 6.07) is 54.7. The van der Waals surface area contributed by atoms with Crippen LogP contribution in [-0.2, 0) is 56.5 Å². The summed E-state index contributed by atoms with van der Waals surface area (Å²) in [6.45, 7) is 4.02. The zero-order chi connectivity index (χ0) is 37.0. The Balaban J connectivity index is 1.26. The summed E-state index contributed by atoms with van der Waals surface area (Å²) in [4.78, 5) is 0. The number of hydrogen-bond donors (Lipinski definition) is 1. The van der Waals surface area contributed by atoms with Crippen LogP contribution >= 0.6 is 0 Å². The van der Waals surface area contributed by atoms with Crippen LogP contribution < -0.4 is 0 Å². The van der Waals surface area contributed by atoms with Crippen molar-refractivity contribution in [3.05, 3.63) is 208 Å². The minimum absolute atomic E-state index is 0.254. The molecule has 276 valence electrons. The molecule has 1 aliphatic heterocycles. The van der Waals surface area contributed by atoms with Crippen molar-refractivity contribution in [1.82, 2.24) is 0 Å². The van der Waals surface area contributed by atoms with Gasteiger partial charge < -0.3 is 28.8 Å². The lowest BCUT2D eigenvalue weighted by atomic mass is 9.88. The number of rotatable bonds is 16. The summed E-state index contributed by atoms with van der Waals surface area (Å²) in [5.74, 6) is 0.254. The minimum Gasteiger partial charge on any atom is -0.508 e. The fraction of sp³-hybridized carbons (Fsp3) is 0.250. The van der Waals surface area contributed by atoms with Crippen LogP contribution in [0.4, 0.5) is 0 Å². The van der Waals surface area contributed by atoms with Crippen molar-refractivity contribution >= 4 is 0 Å². The number of benzene rings is 6. The van der Waals surface area contributed by atoms with Crippen LogP contribution in [0.3, 0.4) is 0 Å². The molecular formula is C48H48O6. The first-order chi connectivity index (χ1) is 26.6. The number of hydrogen-bond acceptors (Lipinski definition) is 6. The van der Waals surface area contributed by atoms with Gasteiger partial charge in [0.2, 0.25) is 0 Å². The summed E-state index contributed by atoms with van der Waals surface area (Å²) < 4.78 is 34.3. The predicted octanol–water partition coefficient (Wildman–Crippen LogP) is 9.70. The molecule has 1 saturated heterocycles. The Morgan fingerprint density at radius 1 is 0.500 bits per heavy atom. The van der Waals surface area contributed by atoms with Gasteiger partial charge in [-0.15, -0.1) is 0 Å². The Morgan fingerprint density at radius 2 is 0.981 bits per heavy atom. The quantitative estimate of drug-likeness (QED) is 0.107. The zero-order valence-corrected chi connectivity index (χ0v) is 30.7. The number of ether oxygens (including phenoxy) is 5. The molecule has 0 radical (unpaired) electrons. The largest absolute Gasteiger partial charge is 0.508 e. The fourth-order valence-corrected chi connectivity index (χ4v) is 6.95. The molecule has 1 N–H and O–H groups in total. The molecule has 1 heterocycles. The van der Waals surface area contributed by atoms with Gasteiger partial charge in [-0.1, -0.05) is 152 Å². The second-order valence-corrected chi connectivity index (χ2v) is 13.9. The summed E-state index contributed by atoms with van der Waals surface area (Å²) in [5, 5.41) is 9.91. The summed E-state index contributed by atoms with van der Waals surface area (Å²) in [7, 11) is 0. The summed E-state index contributed by atoms with van der Waals surface area (Å²) >= 11 is 0. The Hall–Kier alpha value is -5.08. The third-order valence-electron chi connectivity index (χ3n) is 9.92. The van der Waals surface area contributed by atoms with Crippen LogP contribution in [0.1, 0.15) is 50.6 Å². The van der Waals surface area contributed by atoms with E-state index in [4.69, 9.17) is 23.7 Å². The molecule has 0 aromatic heterocycles. The molecule has 0 amide bonds. The Morgan fingerprint density at radius 3 is 1.52 bits per heavy atom. The van der Waals surface area contributed by atoms with Gasteiger partial charge in [0.25, 0.3) is 0 Å². The van der Waals surface area contributed by atoms with Crippen molar-refractivity contribution < 1.29 is 28.8 Å². The van der Waals surface area contributed by atoms with Crippen molar-refractivity contribution in [2.75, 3.05) is 6.61 Å². The van der Waals surface area contributed by atoms with Gasteiger partial charge in [0.05, 0.1) is 33.0 Å². The molecule has 7 rings (SSSR count). The Bertz CT molecular complexity index is 1990. The van der Waals surface area contributed by atoms with Gasteiger partial charge in [-0.05, 0) is 70.0 Å². The van der Waals surface area contributed by atoms with E-state index >= 15 is 0 Å². The van der Waals surface area contributed by atoms with Gasteiger partial charge >= 0.3 is 0 Å². The molecule has 6 heteroatoms. The molecule has 6 aromatic carbocycles. The highest BCUT2D eigenvalue weighted by Gasteiger charge is 2.49. The number of phenols is 1. The van der Waals surface area contributed by atoms with E-state index in [0.717, 1.165) is 33.4 Å². The molecule has 6 nitrogen and oxygen atoms in total. The minimum atomic E-state index is -0.524. The lowest BCUT2D eigenvalue weighted by molar-refractivity contribution is -0.275. The lowest BCUT2D eigenvalue weighted by Gasteiger charge is -2.46. The lowest BCUT2D eigenvalue weighted by Crippen LogP contribution is -2.58. The van der Waals surface area contributed by atoms with E-state index in [0.29, 0.717) is 39.5 Å². The molecule has 5 unspecified atom stereocenters. The monoisotopic (exact) mass is 720 g/mol. The molecule has 0 spiro atoms. The average molecular weight is 721 g/mol. The first kappa shape index (κ1) is 37.2. The van der Waals surface area contributed by atoms with E-state index < -0.39 is 30.5 Å².